The predicted octanol–water partition coefficient (Wildman–Crippen LogP) is 2.38. The lowest BCUT2D eigenvalue weighted by Crippen LogP contribution is -2.50. The van der Waals surface area contributed by atoms with E-state index < -0.39 is 0 Å². The minimum atomic E-state index is -0.338. The van der Waals surface area contributed by atoms with Crippen molar-refractivity contribution in [1.29, 1.82) is 0 Å². The van der Waals surface area contributed by atoms with E-state index in [-0.39, 0.29) is 17.8 Å². The van der Waals surface area contributed by atoms with E-state index in [0.717, 1.165) is 19.7 Å². The van der Waals surface area contributed by atoms with Crippen LogP contribution in [0.25, 0.3) is 11.3 Å². The van der Waals surface area contributed by atoms with Crippen molar-refractivity contribution in [3.05, 3.63) is 41.4 Å². The molecule has 1 amide bonds. The van der Waals surface area contributed by atoms with Crippen molar-refractivity contribution in [2.45, 2.75) is 31.9 Å². The Morgan fingerprint density at radius 3 is 3.00 bits per heavy atom. The molecule has 2 atom stereocenters. The van der Waals surface area contributed by atoms with Gasteiger partial charge in [0.15, 0.2) is 0 Å². The van der Waals surface area contributed by atoms with E-state index in [9.17, 15) is 9.18 Å². The monoisotopic (exact) mass is 359 g/mol. The van der Waals surface area contributed by atoms with Gasteiger partial charge in [-0.2, -0.15) is 0 Å². The normalized spacial score (nSPS) is 23.0. The Balaban J connectivity index is 1.43. The second kappa shape index (κ2) is 7.17. The number of ether oxygens (including phenoxy) is 1. The number of nitrogens with one attached hydrogen (secondary N) is 1. The summed E-state index contributed by atoms with van der Waals surface area (Å²) in [6, 6.07) is 6.38. The molecule has 2 saturated heterocycles. The van der Waals surface area contributed by atoms with Crippen LogP contribution in [0.1, 0.15) is 29.0 Å². The highest BCUT2D eigenvalue weighted by atomic mass is 19.1. The van der Waals surface area contributed by atoms with Gasteiger partial charge in [0.05, 0.1) is 12.7 Å². The molecule has 0 aliphatic carbocycles. The number of halogens is 1. The Hall–Kier alpha value is -2.25. The summed E-state index contributed by atoms with van der Waals surface area (Å²) in [5.41, 5.74) is 1.44. The lowest BCUT2D eigenvalue weighted by Gasteiger charge is -2.35. The molecule has 0 bridgehead atoms. The maximum atomic E-state index is 13.1. The number of nitrogens with zero attached hydrogens (tertiary/aromatic N) is 2. The summed E-state index contributed by atoms with van der Waals surface area (Å²) in [4.78, 5) is 15.1. The average molecular weight is 359 g/mol. The predicted molar refractivity (Wildman–Crippen MR) is 93.3 cm³/mol. The standard InChI is InChI=1S/C19H22FN3O3/c1-12-17(18(22-26-12)13-4-6-14(20)7-5-13)19(24)21-9-16-10-23-8-2-3-15(23)11-25-16/h4-7,15-16H,2-3,8-11H2,1H3,(H,21,24)/t15-,16-/m0/s1. The van der Waals surface area contributed by atoms with Gasteiger partial charge in [-0.15, -0.1) is 0 Å². The molecule has 3 heterocycles. The fourth-order valence-corrected chi connectivity index (χ4v) is 3.75. The van der Waals surface area contributed by atoms with Gasteiger partial charge in [0.25, 0.3) is 5.91 Å². The quantitative estimate of drug-likeness (QED) is 0.908. The van der Waals surface area contributed by atoms with E-state index in [1.165, 1.54) is 25.0 Å². The average Bonchev–Trinajstić information content (AvgIpc) is 3.26. The van der Waals surface area contributed by atoms with Crippen molar-refractivity contribution in [3.8, 4) is 11.3 Å². The van der Waals surface area contributed by atoms with Crippen LogP contribution in [0.3, 0.4) is 0 Å². The molecule has 0 unspecified atom stereocenters. The van der Waals surface area contributed by atoms with Gasteiger partial charge in [0.2, 0.25) is 0 Å². The number of benzene rings is 1. The molecule has 2 aromatic rings. The summed E-state index contributed by atoms with van der Waals surface area (Å²) in [7, 11) is 0. The zero-order chi connectivity index (χ0) is 18.1. The van der Waals surface area contributed by atoms with Crippen molar-refractivity contribution in [2.24, 2.45) is 0 Å². The summed E-state index contributed by atoms with van der Waals surface area (Å²) in [6.07, 6.45) is 2.40. The Kier molecular flexibility index (Phi) is 4.74. The first-order valence-electron chi connectivity index (χ1n) is 8.98. The van der Waals surface area contributed by atoms with Gasteiger partial charge in [-0.25, -0.2) is 4.39 Å². The van der Waals surface area contributed by atoms with Crippen LogP contribution in [0.4, 0.5) is 4.39 Å². The smallest absolute Gasteiger partial charge is 0.257 e. The van der Waals surface area contributed by atoms with Crippen LogP contribution in [-0.2, 0) is 4.74 Å². The molecular weight excluding hydrogens is 337 g/mol. The Morgan fingerprint density at radius 2 is 2.19 bits per heavy atom. The van der Waals surface area contributed by atoms with Crippen LogP contribution in [0.5, 0.6) is 0 Å². The fraction of sp³-hybridized carbons (Fsp3) is 0.474. The molecule has 0 saturated carbocycles. The number of rotatable bonds is 4. The van der Waals surface area contributed by atoms with Crippen LogP contribution in [-0.4, -0.2) is 54.4 Å². The number of aryl methyl sites for hydroxylation is 1. The number of amides is 1. The van der Waals surface area contributed by atoms with E-state index >= 15 is 0 Å². The maximum Gasteiger partial charge on any atom is 0.257 e. The molecule has 0 spiro atoms. The van der Waals surface area contributed by atoms with Gasteiger partial charge in [0.1, 0.15) is 22.8 Å². The van der Waals surface area contributed by atoms with Crippen molar-refractivity contribution >= 4 is 5.91 Å². The summed E-state index contributed by atoms with van der Waals surface area (Å²) in [5.74, 6) is -0.157. The van der Waals surface area contributed by atoms with Gasteiger partial charge >= 0.3 is 0 Å². The lowest BCUT2D eigenvalue weighted by molar-refractivity contribution is -0.0461. The Morgan fingerprint density at radius 1 is 1.38 bits per heavy atom. The van der Waals surface area contributed by atoms with Gasteiger partial charge in [-0.1, -0.05) is 5.16 Å². The number of carbonyl (C=O) groups excluding carboxylic acids is 1. The van der Waals surface area contributed by atoms with E-state index in [0.29, 0.717) is 35.2 Å². The van der Waals surface area contributed by atoms with E-state index in [4.69, 9.17) is 9.26 Å². The number of fused-ring (bicyclic) bond motifs is 1. The molecule has 0 radical (unpaired) electrons. The summed E-state index contributed by atoms with van der Waals surface area (Å²) < 4.78 is 24.2. The molecule has 4 rings (SSSR count). The summed E-state index contributed by atoms with van der Waals surface area (Å²) in [5, 5.41) is 6.91. The van der Waals surface area contributed by atoms with Crippen LogP contribution in [0, 0.1) is 12.7 Å². The zero-order valence-electron chi connectivity index (χ0n) is 14.7. The number of hydrogen-bond donors (Lipinski definition) is 1. The molecule has 2 fully saturated rings. The van der Waals surface area contributed by atoms with Gasteiger partial charge in [0, 0.05) is 24.7 Å². The third-order valence-corrected chi connectivity index (χ3v) is 5.16. The van der Waals surface area contributed by atoms with Crippen molar-refractivity contribution in [2.75, 3.05) is 26.2 Å². The number of carbonyl (C=O) groups is 1. The van der Waals surface area contributed by atoms with Crippen LogP contribution in [0.2, 0.25) is 0 Å². The molecule has 1 aromatic heterocycles. The number of aromatic nitrogens is 1. The van der Waals surface area contributed by atoms with Gasteiger partial charge in [-0.3, -0.25) is 9.69 Å². The maximum absolute atomic E-state index is 13.1. The van der Waals surface area contributed by atoms with Crippen LogP contribution < -0.4 is 5.32 Å². The second-order valence-electron chi connectivity index (χ2n) is 6.93. The molecule has 6 nitrogen and oxygen atoms in total. The Bertz CT molecular complexity index is 790. The molecule has 1 aromatic carbocycles. The van der Waals surface area contributed by atoms with Crippen molar-refractivity contribution in [3.63, 3.8) is 0 Å². The highest BCUT2D eigenvalue weighted by molar-refractivity contribution is 6.00. The Labute approximate surface area is 151 Å². The highest BCUT2D eigenvalue weighted by Gasteiger charge is 2.32. The largest absolute Gasteiger partial charge is 0.373 e. The first-order chi connectivity index (χ1) is 12.6. The molecule has 138 valence electrons. The van der Waals surface area contributed by atoms with Crippen molar-refractivity contribution in [1.82, 2.24) is 15.4 Å². The van der Waals surface area contributed by atoms with E-state index in [2.05, 4.69) is 15.4 Å². The molecule has 7 heteroatoms. The second-order valence-corrected chi connectivity index (χ2v) is 6.93. The van der Waals surface area contributed by atoms with Gasteiger partial charge < -0.3 is 14.6 Å². The number of morpholine rings is 1. The van der Waals surface area contributed by atoms with Crippen molar-refractivity contribution < 1.29 is 18.4 Å². The SMILES string of the molecule is Cc1onc(-c2ccc(F)cc2)c1C(=O)NC[C@H]1CN2CCC[C@H]2CO1. The lowest BCUT2D eigenvalue weighted by atomic mass is 10.1. The summed E-state index contributed by atoms with van der Waals surface area (Å²) in [6.45, 7) is 4.82. The topological polar surface area (TPSA) is 67.6 Å². The highest BCUT2D eigenvalue weighted by Crippen LogP contribution is 2.26. The first kappa shape index (κ1) is 17.2. The minimum absolute atomic E-state index is 0.0114. The molecule has 2 aliphatic heterocycles. The zero-order valence-corrected chi connectivity index (χ0v) is 14.7. The minimum Gasteiger partial charge on any atom is -0.373 e. The first-order valence-corrected chi connectivity index (χ1v) is 8.98. The molecular formula is C19H22FN3O3. The fourth-order valence-electron chi connectivity index (χ4n) is 3.75. The third kappa shape index (κ3) is 3.37. The van der Waals surface area contributed by atoms with E-state index in [1.807, 2.05) is 0 Å². The van der Waals surface area contributed by atoms with Gasteiger partial charge in [-0.05, 0) is 50.6 Å². The van der Waals surface area contributed by atoms with E-state index in [1.54, 1.807) is 19.1 Å². The molecule has 1 N–H and O–H groups in total. The molecule has 2 aliphatic rings. The van der Waals surface area contributed by atoms with Crippen LogP contribution in [0.15, 0.2) is 28.8 Å². The third-order valence-electron chi connectivity index (χ3n) is 5.16. The van der Waals surface area contributed by atoms with Crippen LogP contribution >= 0.6 is 0 Å². The molecule has 26 heavy (non-hydrogen) atoms. The number of hydrogen-bond acceptors (Lipinski definition) is 5. The summed E-state index contributed by atoms with van der Waals surface area (Å²) >= 11 is 0.